The molecule has 0 aliphatic rings. The Morgan fingerprint density at radius 1 is 1.24 bits per heavy atom. The molecule has 2 atom stereocenters. The maximum atomic E-state index is 3.54. The Morgan fingerprint density at radius 3 is 2.41 bits per heavy atom. The number of rotatable bonds is 6. The fraction of sp³-hybridized carbons (Fsp3) is 0.467. The van der Waals surface area contributed by atoms with Crippen molar-refractivity contribution in [3.8, 4) is 0 Å². The highest BCUT2D eigenvalue weighted by Crippen LogP contribution is 2.32. The zero-order valence-electron chi connectivity index (χ0n) is 11.2. The fourth-order valence-corrected chi connectivity index (χ4v) is 2.34. The van der Waals surface area contributed by atoms with Gasteiger partial charge in [0.25, 0.3) is 0 Å². The molecule has 0 saturated carbocycles. The third-order valence-corrected chi connectivity index (χ3v) is 3.93. The van der Waals surface area contributed by atoms with Crippen molar-refractivity contribution >= 4 is 9.24 Å². The van der Waals surface area contributed by atoms with Crippen LogP contribution in [0.15, 0.2) is 41.6 Å². The molecule has 0 aliphatic carbocycles. The molecular formula is C15H24NP. The molecule has 17 heavy (non-hydrogen) atoms. The van der Waals surface area contributed by atoms with Gasteiger partial charge in [-0.1, -0.05) is 44.2 Å². The second-order valence-electron chi connectivity index (χ2n) is 4.33. The van der Waals surface area contributed by atoms with Crippen LogP contribution in [0, 0.1) is 0 Å². The number of allylic oxidation sites excluding steroid dienone is 2. The van der Waals surface area contributed by atoms with E-state index in [-0.39, 0.29) is 0 Å². The zero-order chi connectivity index (χ0) is 12.7. The van der Waals surface area contributed by atoms with Crippen LogP contribution in [0.3, 0.4) is 0 Å². The van der Waals surface area contributed by atoms with E-state index >= 15 is 0 Å². The Hall–Kier alpha value is -0.810. The summed E-state index contributed by atoms with van der Waals surface area (Å²) in [4.78, 5) is 0. The second kappa shape index (κ2) is 7.50. The molecule has 0 bridgehead atoms. The van der Waals surface area contributed by atoms with Crippen molar-refractivity contribution in [3.63, 3.8) is 0 Å². The molecule has 0 radical (unpaired) electrons. The van der Waals surface area contributed by atoms with E-state index < -0.39 is 0 Å². The highest BCUT2D eigenvalue weighted by atomic mass is 31.0. The van der Waals surface area contributed by atoms with Crippen LogP contribution in [0.25, 0.3) is 0 Å². The van der Waals surface area contributed by atoms with Gasteiger partial charge in [-0.25, -0.2) is 0 Å². The summed E-state index contributed by atoms with van der Waals surface area (Å²) in [5.74, 6) is 0. The van der Waals surface area contributed by atoms with Gasteiger partial charge < -0.3 is 5.32 Å². The van der Waals surface area contributed by atoms with Crippen LogP contribution in [0.4, 0.5) is 0 Å². The Morgan fingerprint density at radius 2 is 1.88 bits per heavy atom. The minimum atomic E-state index is 0.413. The quantitative estimate of drug-likeness (QED) is 0.742. The predicted molar refractivity (Wildman–Crippen MR) is 80.2 cm³/mol. The minimum absolute atomic E-state index is 0.413. The van der Waals surface area contributed by atoms with Crippen LogP contribution in [0.5, 0.6) is 0 Å². The molecule has 1 aromatic rings. The first-order valence-electron chi connectivity index (χ1n) is 6.44. The Kier molecular flexibility index (Phi) is 6.29. The van der Waals surface area contributed by atoms with Gasteiger partial charge in [0, 0.05) is 17.9 Å². The van der Waals surface area contributed by atoms with Gasteiger partial charge in [-0.15, -0.1) is 9.24 Å². The molecule has 2 heteroatoms. The summed E-state index contributed by atoms with van der Waals surface area (Å²) in [5.41, 5.74) is 4.59. The van der Waals surface area contributed by atoms with E-state index in [1.165, 1.54) is 23.3 Å². The Bertz CT molecular complexity index is 356. The predicted octanol–water partition coefficient (Wildman–Crippen LogP) is 4.29. The van der Waals surface area contributed by atoms with E-state index in [1.54, 1.807) is 0 Å². The van der Waals surface area contributed by atoms with Crippen LogP contribution in [0.2, 0.25) is 0 Å². The van der Waals surface area contributed by atoms with Gasteiger partial charge in [0.15, 0.2) is 0 Å². The zero-order valence-corrected chi connectivity index (χ0v) is 12.3. The van der Waals surface area contributed by atoms with Crippen molar-refractivity contribution in [2.45, 2.75) is 39.3 Å². The van der Waals surface area contributed by atoms with E-state index in [1.807, 2.05) is 0 Å². The fourth-order valence-electron chi connectivity index (χ4n) is 1.92. The average Bonchev–Trinajstić information content (AvgIpc) is 2.39. The SMILES string of the molecule is CCCN/C(CC)=C(/C)C(P)c1ccccc1. The van der Waals surface area contributed by atoms with Gasteiger partial charge in [-0.05, 0) is 30.9 Å². The second-order valence-corrected chi connectivity index (χ2v) is 5.00. The van der Waals surface area contributed by atoms with E-state index in [9.17, 15) is 0 Å². The number of benzene rings is 1. The van der Waals surface area contributed by atoms with Crippen LogP contribution >= 0.6 is 9.24 Å². The minimum Gasteiger partial charge on any atom is -0.388 e. The third-order valence-electron chi connectivity index (χ3n) is 3.04. The summed E-state index contributed by atoms with van der Waals surface area (Å²) >= 11 is 0. The monoisotopic (exact) mass is 249 g/mol. The van der Waals surface area contributed by atoms with Crippen molar-refractivity contribution in [1.82, 2.24) is 5.32 Å². The summed E-state index contributed by atoms with van der Waals surface area (Å²) in [6.07, 6.45) is 2.24. The molecule has 1 aromatic carbocycles. The molecule has 0 aromatic heterocycles. The summed E-state index contributed by atoms with van der Waals surface area (Å²) < 4.78 is 0. The van der Waals surface area contributed by atoms with Crippen molar-refractivity contribution in [2.75, 3.05) is 6.54 Å². The average molecular weight is 249 g/mol. The normalized spacial score (nSPS) is 14.1. The number of hydrogen-bond acceptors (Lipinski definition) is 1. The van der Waals surface area contributed by atoms with Gasteiger partial charge in [-0.2, -0.15) is 0 Å². The molecule has 0 amide bonds. The van der Waals surface area contributed by atoms with Crippen molar-refractivity contribution in [2.24, 2.45) is 0 Å². The lowest BCUT2D eigenvalue weighted by atomic mass is 10.0. The first kappa shape index (κ1) is 14.3. The van der Waals surface area contributed by atoms with Crippen molar-refractivity contribution in [1.29, 1.82) is 0 Å². The van der Waals surface area contributed by atoms with Crippen LogP contribution in [-0.4, -0.2) is 6.54 Å². The summed E-state index contributed by atoms with van der Waals surface area (Å²) in [6, 6.07) is 10.6. The Labute approximate surface area is 108 Å². The molecule has 0 fully saturated rings. The van der Waals surface area contributed by atoms with Gasteiger partial charge in [0.1, 0.15) is 0 Å². The topological polar surface area (TPSA) is 12.0 Å². The first-order valence-corrected chi connectivity index (χ1v) is 7.11. The first-order chi connectivity index (χ1) is 8.20. The highest BCUT2D eigenvalue weighted by molar-refractivity contribution is 7.17. The van der Waals surface area contributed by atoms with Crippen LogP contribution in [0.1, 0.15) is 44.8 Å². The van der Waals surface area contributed by atoms with Crippen molar-refractivity contribution < 1.29 is 0 Å². The smallest absolute Gasteiger partial charge is 0.0210 e. The number of nitrogens with one attached hydrogen (secondary N) is 1. The lowest BCUT2D eigenvalue weighted by Crippen LogP contribution is -2.16. The molecule has 1 rings (SSSR count). The van der Waals surface area contributed by atoms with E-state index in [2.05, 4.69) is 65.7 Å². The van der Waals surface area contributed by atoms with Gasteiger partial charge in [0.2, 0.25) is 0 Å². The molecule has 2 unspecified atom stereocenters. The largest absolute Gasteiger partial charge is 0.388 e. The molecular weight excluding hydrogens is 225 g/mol. The molecule has 94 valence electrons. The summed E-state index contributed by atoms with van der Waals surface area (Å²) in [5, 5.41) is 3.54. The van der Waals surface area contributed by atoms with Gasteiger partial charge in [-0.3, -0.25) is 0 Å². The van der Waals surface area contributed by atoms with Crippen LogP contribution in [-0.2, 0) is 0 Å². The lowest BCUT2D eigenvalue weighted by Gasteiger charge is -2.18. The van der Waals surface area contributed by atoms with Crippen molar-refractivity contribution in [3.05, 3.63) is 47.2 Å². The highest BCUT2D eigenvalue weighted by Gasteiger charge is 2.10. The standard InChI is InChI=1S/C15H24NP/c1-4-11-16-14(5-2)12(3)15(17)13-9-7-6-8-10-13/h6-10,15-16H,4-5,11,17H2,1-3H3/b14-12-. The van der Waals surface area contributed by atoms with E-state index in [0.717, 1.165) is 13.0 Å². The van der Waals surface area contributed by atoms with E-state index in [0.29, 0.717) is 5.66 Å². The lowest BCUT2D eigenvalue weighted by molar-refractivity contribution is 0.725. The van der Waals surface area contributed by atoms with E-state index in [4.69, 9.17) is 0 Å². The molecule has 0 saturated heterocycles. The molecule has 0 spiro atoms. The van der Waals surface area contributed by atoms with Crippen LogP contribution < -0.4 is 5.32 Å². The summed E-state index contributed by atoms with van der Waals surface area (Å²) in [6.45, 7) is 7.70. The maximum Gasteiger partial charge on any atom is 0.0210 e. The van der Waals surface area contributed by atoms with Gasteiger partial charge in [0.05, 0.1) is 0 Å². The molecule has 1 nitrogen and oxygen atoms in total. The van der Waals surface area contributed by atoms with Gasteiger partial charge >= 0.3 is 0 Å². The number of hydrogen-bond donors (Lipinski definition) is 1. The summed E-state index contributed by atoms with van der Waals surface area (Å²) in [7, 11) is 2.95. The molecule has 0 heterocycles. The Balaban J connectivity index is 2.85. The molecule has 0 aliphatic heterocycles. The maximum absolute atomic E-state index is 3.54. The molecule has 1 N–H and O–H groups in total. The third kappa shape index (κ3) is 4.16.